The summed E-state index contributed by atoms with van der Waals surface area (Å²) in [6, 6.07) is 12.1. The van der Waals surface area contributed by atoms with Crippen LogP contribution in [0, 0.1) is 23.5 Å². The lowest BCUT2D eigenvalue weighted by atomic mass is 9.89. The number of halogens is 2. The van der Waals surface area contributed by atoms with Crippen molar-refractivity contribution in [3.05, 3.63) is 77.8 Å². The molecule has 2 aliphatic rings. The number of aliphatic hydroxyl groups is 1. The van der Waals surface area contributed by atoms with E-state index in [9.17, 15) is 18.7 Å². The number of amides is 2. The minimum Gasteiger partial charge on any atom is -0.394 e. The highest BCUT2D eigenvalue weighted by atomic mass is 19.1. The van der Waals surface area contributed by atoms with Gasteiger partial charge in [0.05, 0.1) is 24.4 Å². The summed E-state index contributed by atoms with van der Waals surface area (Å²) in [6.45, 7) is 5.36. The molecule has 1 unspecified atom stereocenters. The van der Waals surface area contributed by atoms with Crippen molar-refractivity contribution in [1.29, 1.82) is 0 Å². The van der Waals surface area contributed by atoms with E-state index in [1.807, 2.05) is 39.8 Å². The van der Waals surface area contributed by atoms with Crippen molar-refractivity contribution >= 4 is 6.03 Å². The molecule has 0 saturated carbocycles. The van der Waals surface area contributed by atoms with Crippen LogP contribution in [0.3, 0.4) is 0 Å². The maximum Gasteiger partial charge on any atom is 0.318 e. The zero-order chi connectivity index (χ0) is 28.8. The lowest BCUT2D eigenvalue weighted by Crippen LogP contribution is -2.51. The van der Waals surface area contributed by atoms with Gasteiger partial charge in [0.2, 0.25) is 0 Å². The van der Waals surface area contributed by atoms with Gasteiger partial charge in [-0.3, -0.25) is 0 Å². The van der Waals surface area contributed by atoms with Crippen LogP contribution in [0.4, 0.5) is 13.6 Å². The lowest BCUT2D eigenvalue weighted by molar-refractivity contribution is 0.0273. The van der Waals surface area contributed by atoms with Crippen LogP contribution in [-0.4, -0.2) is 71.1 Å². The first kappa shape index (κ1) is 29.2. The Bertz CT molecular complexity index is 1290. The molecule has 3 atom stereocenters. The molecule has 2 amide bonds. The highest BCUT2D eigenvalue weighted by Gasteiger charge is 2.38. The highest BCUT2D eigenvalue weighted by Crippen LogP contribution is 2.38. The molecule has 10 heteroatoms. The van der Waals surface area contributed by atoms with Gasteiger partial charge in [-0.05, 0) is 74.9 Å². The maximum atomic E-state index is 15.0. The summed E-state index contributed by atoms with van der Waals surface area (Å²) in [5, 5.41) is 16.0. The first-order valence-electron chi connectivity index (χ1n) is 14.5. The van der Waals surface area contributed by atoms with Gasteiger partial charge in [-0.2, -0.15) is 0 Å². The highest BCUT2D eigenvalue weighted by molar-refractivity contribution is 5.75. The van der Waals surface area contributed by atoms with E-state index in [2.05, 4.69) is 10.6 Å². The van der Waals surface area contributed by atoms with Gasteiger partial charge >= 0.3 is 6.03 Å². The van der Waals surface area contributed by atoms with Crippen molar-refractivity contribution in [3.8, 4) is 11.3 Å². The monoisotopic (exact) mass is 567 g/mol. The van der Waals surface area contributed by atoms with Gasteiger partial charge in [0, 0.05) is 38.1 Å². The number of hydrogen-bond donors (Lipinski definition) is 3. The molecule has 0 spiro atoms. The van der Waals surface area contributed by atoms with Gasteiger partial charge in [0.15, 0.2) is 0 Å². The van der Waals surface area contributed by atoms with Gasteiger partial charge in [-0.15, -0.1) is 0 Å². The first-order chi connectivity index (χ1) is 19.9. The van der Waals surface area contributed by atoms with Crippen molar-refractivity contribution in [2.75, 3.05) is 39.5 Å². The van der Waals surface area contributed by atoms with Crippen LogP contribution >= 0.6 is 0 Å². The summed E-state index contributed by atoms with van der Waals surface area (Å²) in [5.41, 5.74) is 1.42. The predicted molar refractivity (Wildman–Crippen MR) is 152 cm³/mol. The Morgan fingerprint density at radius 2 is 1.98 bits per heavy atom. The van der Waals surface area contributed by atoms with Crippen LogP contribution < -0.4 is 10.6 Å². The normalized spacial score (nSPS) is 19.2. The summed E-state index contributed by atoms with van der Waals surface area (Å²) in [5.74, 6) is -0.194. The predicted octanol–water partition coefficient (Wildman–Crippen LogP) is 4.35. The summed E-state index contributed by atoms with van der Waals surface area (Å²) in [4.78, 5) is 20.7. The molecule has 0 aliphatic carbocycles. The number of urea groups is 1. The molecule has 3 aromatic rings. The molecule has 8 nitrogen and oxygen atoms in total. The number of imidazole rings is 1. The molecule has 0 radical (unpaired) electrons. The Kier molecular flexibility index (Phi) is 9.64. The average Bonchev–Trinajstić information content (AvgIpc) is 3.65. The number of nitrogens with zero attached hydrogens (tertiary/aromatic N) is 3. The summed E-state index contributed by atoms with van der Waals surface area (Å²) in [6.07, 6.45) is 4.16. The molecule has 0 bridgehead atoms. The minimum atomic E-state index is -0.562. The van der Waals surface area contributed by atoms with Crippen LogP contribution in [-0.2, 0) is 11.3 Å². The molecule has 2 saturated heterocycles. The van der Waals surface area contributed by atoms with E-state index in [0.717, 1.165) is 56.1 Å². The molecule has 2 aliphatic heterocycles. The number of carbonyl (C=O) groups is 1. The molecular weight excluding hydrogens is 528 g/mol. The van der Waals surface area contributed by atoms with Crippen LogP contribution in [0.2, 0.25) is 0 Å². The fraction of sp³-hybridized carbons (Fsp3) is 0.484. The third-order valence-corrected chi connectivity index (χ3v) is 8.04. The fourth-order valence-corrected chi connectivity index (χ4v) is 5.84. The van der Waals surface area contributed by atoms with E-state index in [0.29, 0.717) is 37.8 Å². The van der Waals surface area contributed by atoms with E-state index in [1.54, 1.807) is 13.1 Å². The second-order valence-corrected chi connectivity index (χ2v) is 11.2. The Hall–Kier alpha value is -3.34. The fourth-order valence-electron chi connectivity index (χ4n) is 5.84. The van der Waals surface area contributed by atoms with Gasteiger partial charge < -0.3 is 29.9 Å². The minimum absolute atomic E-state index is 0.0374. The molecule has 2 fully saturated rings. The number of hydrogen-bond acceptors (Lipinski definition) is 5. The Balaban J connectivity index is 1.63. The van der Waals surface area contributed by atoms with Crippen LogP contribution in [0.25, 0.3) is 11.3 Å². The maximum absolute atomic E-state index is 15.0. The summed E-state index contributed by atoms with van der Waals surface area (Å²) >= 11 is 0. The molecule has 3 N–H and O–H groups in total. The average molecular weight is 568 g/mol. The van der Waals surface area contributed by atoms with E-state index in [4.69, 9.17) is 9.72 Å². The lowest BCUT2D eigenvalue weighted by Gasteiger charge is -2.40. The number of nitrogens with one attached hydrogen (secondary N) is 2. The molecule has 2 aromatic carbocycles. The number of ether oxygens (including phenoxy) is 1. The van der Waals surface area contributed by atoms with Crippen molar-refractivity contribution in [3.63, 3.8) is 0 Å². The van der Waals surface area contributed by atoms with Gasteiger partial charge in [0.1, 0.15) is 17.5 Å². The molecule has 3 heterocycles. The molecular formula is C31H39F2N5O3. The number of aromatic nitrogens is 2. The van der Waals surface area contributed by atoms with Crippen LogP contribution in [0.5, 0.6) is 0 Å². The quantitative estimate of drug-likeness (QED) is 0.339. The van der Waals surface area contributed by atoms with Crippen molar-refractivity contribution in [2.45, 2.75) is 44.8 Å². The summed E-state index contributed by atoms with van der Waals surface area (Å²) < 4.78 is 36.9. The zero-order valence-corrected chi connectivity index (χ0v) is 23.4. The van der Waals surface area contributed by atoms with Crippen molar-refractivity contribution in [2.24, 2.45) is 11.8 Å². The molecule has 220 valence electrons. The standard InChI is InChI=1S/C31H39F2N5O3/c1-21(20-39)35-31(40)38(18-23-9-12-34-16-23)29(24-10-13-41-14-11-24)30-36-28(26-15-25(32)7-8-27(26)33)19-37(30)17-22-5-3-2-4-6-22/h2-8,15,19,21,23-24,29,34,39H,9-14,16-18,20H2,1H3,(H,35,40)/t21-,23-,29?/m0/s1. The number of benzene rings is 2. The summed E-state index contributed by atoms with van der Waals surface area (Å²) in [7, 11) is 0. The SMILES string of the molecule is C[C@@H](CO)NC(=O)N(C[C@H]1CCNC1)C(c1nc(-c2cc(F)ccc2F)cn1Cc1ccccc1)C1CCOCC1. The van der Waals surface area contributed by atoms with E-state index in [1.165, 1.54) is 0 Å². The number of aliphatic hydroxyl groups excluding tert-OH is 1. The molecule has 41 heavy (non-hydrogen) atoms. The third-order valence-electron chi connectivity index (χ3n) is 8.04. The van der Waals surface area contributed by atoms with Gasteiger partial charge in [-0.1, -0.05) is 30.3 Å². The second kappa shape index (κ2) is 13.5. The van der Waals surface area contributed by atoms with Crippen molar-refractivity contribution < 1.29 is 23.4 Å². The third kappa shape index (κ3) is 7.12. The van der Waals surface area contributed by atoms with E-state index >= 15 is 0 Å². The Labute approximate surface area is 239 Å². The Morgan fingerprint density at radius 3 is 2.68 bits per heavy atom. The zero-order valence-electron chi connectivity index (χ0n) is 23.4. The Morgan fingerprint density at radius 1 is 1.20 bits per heavy atom. The van der Waals surface area contributed by atoms with E-state index < -0.39 is 23.7 Å². The largest absolute Gasteiger partial charge is 0.394 e. The first-order valence-corrected chi connectivity index (χ1v) is 14.5. The topological polar surface area (TPSA) is 91.6 Å². The van der Waals surface area contributed by atoms with Gasteiger partial charge in [-0.25, -0.2) is 18.6 Å². The van der Waals surface area contributed by atoms with Crippen molar-refractivity contribution in [1.82, 2.24) is 25.1 Å². The molecule has 5 rings (SSSR count). The van der Waals surface area contributed by atoms with Crippen LogP contribution in [0.1, 0.15) is 43.6 Å². The molecule has 1 aromatic heterocycles. The smallest absolute Gasteiger partial charge is 0.318 e. The number of carbonyl (C=O) groups excluding carboxylic acids is 1. The van der Waals surface area contributed by atoms with E-state index in [-0.39, 0.29) is 30.0 Å². The number of rotatable bonds is 10. The van der Waals surface area contributed by atoms with Crippen LogP contribution in [0.15, 0.2) is 54.7 Å². The second-order valence-electron chi connectivity index (χ2n) is 11.2. The van der Waals surface area contributed by atoms with Gasteiger partial charge in [0.25, 0.3) is 0 Å².